The van der Waals surface area contributed by atoms with E-state index in [4.69, 9.17) is 11.6 Å². The molecule has 0 bridgehead atoms. The van der Waals surface area contributed by atoms with Gasteiger partial charge in [0.1, 0.15) is 0 Å². The summed E-state index contributed by atoms with van der Waals surface area (Å²) in [6, 6.07) is 0. The zero-order valence-electron chi connectivity index (χ0n) is 5.29. The zero-order valence-corrected chi connectivity index (χ0v) is 7.63. The molecule has 0 nitrogen and oxygen atoms in total. The van der Waals surface area contributed by atoms with Crippen molar-refractivity contribution in [2.24, 2.45) is 0 Å². The molecular weight excluding hydrogens is 199 g/mol. The average Bonchev–Trinajstić information content (AvgIpc) is 1.99. The van der Waals surface area contributed by atoms with E-state index in [1.807, 2.05) is 0 Å². The minimum atomic E-state index is 1.03. The van der Waals surface area contributed by atoms with Crippen molar-refractivity contribution >= 4 is 27.5 Å². The Labute approximate surface area is 69.4 Å². The van der Waals surface area contributed by atoms with Gasteiger partial charge < -0.3 is 0 Å². The standard InChI is InChI=1S/C7H10BrCl/c8-6-4-2-1-3-5-7(6)9/h1-5H2. The molecule has 1 aliphatic rings. The Bertz CT molecular complexity index is 115. The lowest BCUT2D eigenvalue weighted by atomic mass is 10.2. The van der Waals surface area contributed by atoms with E-state index < -0.39 is 0 Å². The van der Waals surface area contributed by atoms with E-state index in [0.29, 0.717) is 0 Å². The first-order valence-corrected chi connectivity index (χ1v) is 4.51. The number of rotatable bonds is 0. The minimum Gasteiger partial charge on any atom is -0.0883 e. The van der Waals surface area contributed by atoms with Crippen LogP contribution in [0.2, 0.25) is 0 Å². The second kappa shape index (κ2) is 3.62. The minimum absolute atomic E-state index is 1.03. The van der Waals surface area contributed by atoms with Crippen LogP contribution in [0.15, 0.2) is 9.51 Å². The first-order valence-electron chi connectivity index (χ1n) is 3.34. The van der Waals surface area contributed by atoms with Gasteiger partial charge in [0.15, 0.2) is 0 Å². The molecule has 0 aromatic carbocycles. The molecule has 0 spiro atoms. The Morgan fingerprint density at radius 2 is 1.78 bits per heavy atom. The molecule has 9 heavy (non-hydrogen) atoms. The molecule has 0 aliphatic heterocycles. The van der Waals surface area contributed by atoms with E-state index in [1.165, 1.54) is 23.7 Å². The predicted octanol–water partition coefficient (Wildman–Crippen LogP) is 3.80. The molecule has 0 saturated heterocycles. The summed E-state index contributed by atoms with van der Waals surface area (Å²) in [5.41, 5.74) is 0. The maximum atomic E-state index is 5.90. The monoisotopic (exact) mass is 208 g/mol. The van der Waals surface area contributed by atoms with Crippen LogP contribution < -0.4 is 0 Å². The third kappa shape index (κ3) is 2.30. The van der Waals surface area contributed by atoms with Gasteiger partial charge in [0.05, 0.1) is 0 Å². The summed E-state index contributed by atoms with van der Waals surface area (Å²) in [6.45, 7) is 0. The van der Waals surface area contributed by atoms with E-state index in [9.17, 15) is 0 Å². The maximum absolute atomic E-state index is 5.90. The van der Waals surface area contributed by atoms with Gasteiger partial charge in [0.25, 0.3) is 0 Å². The smallest absolute Gasteiger partial charge is 0.0282 e. The number of hydrogen-bond acceptors (Lipinski definition) is 0. The molecule has 0 radical (unpaired) electrons. The van der Waals surface area contributed by atoms with Crippen LogP contribution in [-0.2, 0) is 0 Å². The highest BCUT2D eigenvalue weighted by molar-refractivity contribution is 9.11. The highest BCUT2D eigenvalue weighted by atomic mass is 79.9. The van der Waals surface area contributed by atoms with Crippen LogP contribution >= 0.6 is 27.5 Å². The number of halogens is 2. The summed E-state index contributed by atoms with van der Waals surface area (Å²) in [4.78, 5) is 0. The third-order valence-corrected chi connectivity index (χ3v) is 3.11. The molecule has 1 rings (SSSR count). The lowest BCUT2D eigenvalue weighted by molar-refractivity contribution is 0.715. The van der Waals surface area contributed by atoms with Gasteiger partial charge >= 0.3 is 0 Å². The van der Waals surface area contributed by atoms with Gasteiger partial charge in [-0.2, -0.15) is 0 Å². The Hall–Kier alpha value is 0.510. The van der Waals surface area contributed by atoms with Crippen LogP contribution in [-0.4, -0.2) is 0 Å². The molecule has 0 unspecified atom stereocenters. The topological polar surface area (TPSA) is 0 Å². The maximum Gasteiger partial charge on any atom is 0.0282 e. The van der Waals surface area contributed by atoms with E-state index in [1.54, 1.807) is 0 Å². The molecule has 0 aromatic heterocycles. The Morgan fingerprint density at radius 1 is 1.11 bits per heavy atom. The molecule has 0 heterocycles. The van der Waals surface area contributed by atoms with Crippen LogP contribution in [0.4, 0.5) is 0 Å². The molecule has 52 valence electrons. The largest absolute Gasteiger partial charge is 0.0883 e. The first kappa shape index (κ1) is 7.62. The van der Waals surface area contributed by atoms with Crippen molar-refractivity contribution in [2.75, 3.05) is 0 Å². The van der Waals surface area contributed by atoms with Gasteiger partial charge in [-0.25, -0.2) is 0 Å². The zero-order chi connectivity index (χ0) is 6.69. The van der Waals surface area contributed by atoms with Crippen LogP contribution in [0.3, 0.4) is 0 Å². The highest BCUT2D eigenvalue weighted by Gasteiger charge is 2.05. The van der Waals surface area contributed by atoms with Crippen molar-refractivity contribution in [3.8, 4) is 0 Å². The van der Waals surface area contributed by atoms with E-state index in [2.05, 4.69) is 15.9 Å². The molecule has 0 saturated carbocycles. The van der Waals surface area contributed by atoms with Crippen molar-refractivity contribution in [3.05, 3.63) is 9.51 Å². The summed E-state index contributed by atoms with van der Waals surface area (Å²) in [5.74, 6) is 0. The van der Waals surface area contributed by atoms with E-state index in [0.717, 1.165) is 17.9 Å². The first-order chi connectivity index (χ1) is 4.30. The van der Waals surface area contributed by atoms with E-state index >= 15 is 0 Å². The lowest BCUT2D eigenvalue weighted by Crippen LogP contribution is -1.71. The summed E-state index contributed by atoms with van der Waals surface area (Å²) in [6.07, 6.45) is 6.08. The molecule has 2 heteroatoms. The normalized spacial score (nSPS) is 22.0. The molecule has 0 amide bonds. The van der Waals surface area contributed by atoms with Gasteiger partial charge in [-0.3, -0.25) is 0 Å². The van der Waals surface area contributed by atoms with Crippen molar-refractivity contribution in [1.82, 2.24) is 0 Å². The van der Waals surface area contributed by atoms with Crippen LogP contribution in [0.5, 0.6) is 0 Å². The SMILES string of the molecule is ClC1=C(Br)CCCCC1. The molecule has 0 atom stereocenters. The Kier molecular flexibility index (Phi) is 3.07. The van der Waals surface area contributed by atoms with Crippen molar-refractivity contribution in [2.45, 2.75) is 32.1 Å². The quantitative estimate of drug-likeness (QED) is 0.569. The molecule has 0 N–H and O–H groups in total. The average molecular weight is 210 g/mol. The van der Waals surface area contributed by atoms with Gasteiger partial charge in [-0.1, -0.05) is 34.0 Å². The van der Waals surface area contributed by atoms with Gasteiger partial charge in [0, 0.05) is 9.51 Å². The summed E-state index contributed by atoms with van der Waals surface area (Å²) in [7, 11) is 0. The van der Waals surface area contributed by atoms with Crippen LogP contribution in [0.25, 0.3) is 0 Å². The number of hydrogen-bond donors (Lipinski definition) is 0. The van der Waals surface area contributed by atoms with Gasteiger partial charge in [0.2, 0.25) is 0 Å². The summed E-state index contributed by atoms with van der Waals surface area (Å²) in [5, 5.41) is 1.03. The molecule has 0 fully saturated rings. The summed E-state index contributed by atoms with van der Waals surface area (Å²) >= 11 is 9.36. The van der Waals surface area contributed by atoms with Crippen LogP contribution in [0.1, 0.15) is 32.1 Å². The van der Waals surface area contributed by atoms with Crippen molar-refractivity contribution in [3.63, 3.8) is 0 Å². The fraction of sp³-hybridized carbons (Fsp3) is 0.714. The Morgan fingerprint density at radius 3 is 2.56 bits per heavy atom. The highest BCUT2D eigenvalue weighted by Crippen LogP contribution is 2.29. The van der Waals surface area contributed by atoms with Crippen LogP contribution in [0, 0.1) is 0 Å². The molecular formula is C7H10BrCl. The second-order valence-electron chi connectivity index (χ2n) is 2.37. The fourth-order valence-corrected chi connectivity index (χ4v) is 1.72. The predicted molar refractivity (Wildman–Crippen MR) is 44.9 cm³/mol. The fourth-order valence-electron chi connectivity index (χ4n) is 1.01. The van der Waals surface area contributed by atoms with Crippen molar-refractivity contribution < 1.29 is 0 Å². The van der Waals surface area contributed by atoms with Crippen molar-refractivity contribution in [1.29, 1.82) is 0 Å². The third-order valence-electron chi connectivity index (χ3n) is 1.59. The lowest BCUT2D eigenvalue weighted by Gasteiger charge is -1.94. The number of allylic oxidation sites excluding steroid dienone is 2. The van der Waals surface area contributed by atoms with Gasteiger partial charge in [-0.05, 0) is 25.7 Å². The van der Waals surface area contributed by atoms with E-state index in [-0.39, 0.29) is 0 Å². The second-order valence-corrected chi connectivity index (χ2v) is 3.78. The summed E-state index contributed by atoms with van der Waals surface area (Å²) < 4.78 is 1.22. The van der Waals surface area contributed by atoms with Gasteiger partial charge in [-0.15, -0.1) is 0 Å². The Balaban J connectivity index is 2.55. The molecule has 1 aliphatic carbocycles. The molecule has 0 aromatic rings.